The van der Waals surface area contributed by atoms with E-state index in [4.69, 9.17) is 49.6 Å². The molecule has 4 rings (SSSR count). The largest absolute Gasteiger partial charge is 0.488 e. The molecule has 3 N–H and O–H groups in total. The minimum atomic E-state index is -0.623. The number of allylic oxidation sites excluding steroid dienone is 1. The number of carbonyl (C=O) groups is 2. The molecule has 1 aliphatic heterocycles. The maximum absolute atomic E-state index is 12.7. The molecule has 0 bridgehead atoms. The van der Waals surface area contributed by atoms with Gasteiger partial charge in [0.15, 0.2) is 11.7 Å². The predicted molar refractivity (Wildman–Crippen MR) is 179 cm³/mol. The van der Waals surface area contributed by atoms with Crippen molar-refractivity contribution in [1.82, 2.24) is 16.1 Å². The quantitative estimate of drug-likeness (QED) is 0.0714. The number of amides is 1. The molecule has 1 aliphatic rings. The Morgan fingerprint density at radius 3 is 2.63 bits per heavy atom. The zero-order valence-corrected chi connectivity index (χ0v) is 27.6. The Hall–Kier alpha value is -3.39. The van der Waals surface area contributed by atoms with Crippen LogP contribution < -0.4 is 25.5 Å². The van der Waals surface area contributed by atoms with E-state index in [1.54, 1.807) is 44.2 Å². The van der Waals surface area contributed by atoms with Crippen molar-refractivity contribution in [1.29, 1.82) is 0 Å². The third kappa shape index (κ3) is 8.82. The molecule has 0 fully saturated rings. The first kappa shape index (κ1) is 32.5. The van der Waals surface area contributed by atoms with Crippen LogP contribution in [0, 0.1) is 3.57 Å². The summed E-state index contributed by atoms with van der Waals surface area (Å²) in [5.74, 6) is 0.143. The summed E-state index contributed by atoms with van der Waals surface area (Å²) in [5.41, 5.74) is 5.62. The van der Waals surface area contributed by atoms with Gasteiger partial charge in [0.1, 0.15) is 18.1 Å². The Balaban J connectivity index is 1.35. The number of ether oxygens (including phenoxy) is 3. The number of halogens is 3. The highest BCUT2D eigenvalue weighted by atomic mass is 127. The van der Waals surface area contributed by atoms with Crippen LogP contribution in [0.1, 0.15) is 36.6 Å². The van der Waals surface area contributed by atoms with Crippen LogP contribution in [0.2, 0.25) is 10.0 Å². The van der Waals surface area contributed by atoms with Gasteiger partial charge in [-0.3, -0.25) is 4.79 Å². The molecule has 13 heteroatoms. The van der Waals surface area contributed by atoms with Crippen molar-refractivity contribution in [2.75, 3.05) is 13.2 Å². The van der Waals surface area contributed by atoms with Crippen molar-refractivity contribution < 1.29 is 23.8 Å². The van der Waals surface area contributed by atoms with E-state index >= 15 is 0 Å². The summed E-state index contributed by atoms with van der Waals surface area (Å²) in [7, 11) is 0. The number of esters is 1. The molecular weight excluding hydrogens is 726 g/mol. The lowest BCUT2D eigenvalue weighted by Crippen LogP contribution is -2.45. The lowest BCUT2D eigenvalue weighted by atomic mass is 9.95. The SMILES string of the molecule is CCOC(=O)C1=C(C)NC(=S)N[C@@H]1c1ccccc1OCC(=O)NN=Cc1ccc(OCc2ccc(Cl)cc2Cl)c(I)c1. The first-order chi connectivity index (χ1) is 20.7. The van der Waals surface area contributed by atoms with E-state index in [1.807, 2.05) is 30.3 Å². The minimum Gasteiger partial charge on any atom is -0.488 e. The van der Waals surface area contributed by atoms with Crippen LogP contribution in [0.4, 0.5) is 0 Å². The molecule has 1 amide bonds. The Bertz CT molecular complexity index is 1600. The van der Waals surface area contributed by atoms with Gasteiger partial charge < -0.3 is 24.8 Å². The first-order valence-corrected chi connectivity index (χ1v) is 15.3. The van der Waals surface area contributed by atoms with Gasteiger partial charge in [0.2, 0.25) is 0 Å². The standard InChI is InChI=1S/C30H27Cl2IN4O5S/c1-3-40-29(39)27-17(2)35-30(43)36-28(27)21-6-4-5-7-24(21)42-16-26(38)37-34-14-18-8-11-25(23(33)12-18)41-15-19-9-10-20(31)13-22(19)32/h4-14,28H,3,15-16H2,1-2H3,(H,37,38)(H2,35,36,43)/t28-/m1/s1. The van der Waals surface area contributed by atoms with Gasteiger partial charge in [-0.05, 0) is 90.6 Å². The average molecular weight is 753 g/mol. The van der Waals surface area contributed by atoms with Crippen LogP contribution in [0.15, 0.2) is 77.0 Å². The van der Waals surface area contributed by atoms with Crippen LogP contribution in [0.3, 0.4) is 0 Å². The zero-order valence-electron chi connectivity index (χ0n) is 23.1. The summed E-state index contributed by atoms with van der Waals surface area (Å²) >= 11 is 19.7. The van der Waals surface area contributed by atoms with E-state index in [1.165, 1.54) is 6.21 Å². The second kappa shape index (κ2) is 15.4. The number of hydrazone groups is 1. The van der Waals surface area contributed by atoms with Crippen LogP contribution in [0.5, 0.6) is 11.5 Å². The van der Waals surface area contributed by atoms with Gasteiger partial charge in [-0.25, -0.2) is 10.2 Å². The van der Waals surface area contributed by atoms with Gasteiger partial charge in [-0.2, -0.15) is 5.10 Å². The van der Waals surface area contributed by atoms with E-state index in [-0.39, 0.29) is 13.2 Å². The lowest BCUT2D eigenvalue weighted by Gasteiger charge is -2.30. The normalized spacial score (nSPS) is 14.6. The molecule has 0 aromatic heterocycles. The van der Waals surface area contributed by atoms with E-state index < -0.39 is 17.9 Å². The van der Waals surface area contributed by atoms with Crippen molar-refractivity contribution in [2.24, 2.45) is 5.10 Å². The van der Waals surface area contributed by atoms with Gasteiger partial charge in [-0.15, -0.1) is 0 Å². The molecule has 0 aliphatic carbocycles. The van der Waals surface area contributed by atoms with Crippen molar-refractivity contribution >= 4 is 81.2 Å². The fraction of sp³-hybridized carbons (Fsp3) is 0.200. The first-order valence-electron chi connectivity index (χ1n) is 13.0. The van der Waals surface area contributed by atoms with E-state index in [2.05, 4.69) is 43.8 Å². The third-order valence-electron chi connectivity index (χ3n) is 6.11. The number of rotatable bonds is 11. The van der Waals surface area contributed by atoms with E-state index in [0.717, 1.165) is 14.7 Å². The van der Waals surface area contributed by atoms with Crippen LogP contribution in [-0.4, -0.2) is 36.4 Å². The van der Waals surface area contributed by atoms with Crippen molar-refractivity contribution in [3.05, 3.63) is 102 Å². The van der Waals surface area contributed by atoms with Crippen molar-refractivity contribution in [2.45, 2.75) is 26.5 Å². The highest BCUT2D eigenvalue weighted by Gasteiger charge is 2.32. The number of thiocarbonyl (C=S) groups is 1. The summed E-state index contributed by atoms with van der Waals surface area (Å²) < 4.78 is 17.8. The van der Waals surface area contributed by atoms with Gasteiger partial charge in [0.05, 0.1) is 28.0 Å². The van der Waals surface area contributed by atoms with Gasteiger partial charge in [0.25, 0.3) is 5.91 Å². The molecule has 0 saturated heterocycles. The third-order valence-corrected chi connectivity index (χ3v) is 7.76. The maximum atomic E-state index is 12.7. The second-order valence-corrected chi connectivity index (χ2v) is 11.5. The maximum Gasteiger partial charge on any atom is 0.338 e. The second-order valence-electron chi connectivity index (χ2n) is 9.12. The molecule has 0 radical (unpaired) electrons. The van der Waals surface area contributed by atoms with Gasteiger partial charge in [-0.1, -0.05) is 47.5 Å². The number of carbonyl (C=O) groups excluding carboxylic acids is 2. The van der Waals surface area contributed by atoms with Crippen molar-refractivity contribution in [3.63, 3.8) is 0 Å². The topological polar surface area (TPSA) is 110 Å². The molecule has 1 heterocycles. The van der Waals surface area contributed by atoms with E-state index in [0.29, 0.717) is 50.1 Å². The molecule has 224 valence electrons. The summed E-state index contributed by atoms with van der Waals surface area (Å²) in [6.45, 7) is 3.70. The highest BCUT2D eigenvalue weighted by molar-refractivity contribution is 14.1. The van der Waals surface area contributed by atoms with E-state index in [9.17, 15) is 9.59 Å². The Labute approximate surface area is 278 Å². The Morgan fingerprint density at radius 2 is 1.88 bits per heavy atom. The Morgan fingerprint density at radius 1 is 1.09 bits per heavy atom. The minimum absolute atomic E-state index is 0.225. The van der Waals surface area contributed by atoms with Gasteiger partial charge in [0, 0.05) is 26.9 Å². The molecule has 43 heavy (non-hydrogen) atoms. The van der Waals surface area contributed by atoms with Gasteiger partial charge >= 0.3 is 5.97 Å². The molecule has 3 aromatic carbocycles. The number of para-hydroxylation sites is 1. The predicted octanol–water partition coefficient (Wildman–Crippen LogP) is 6.06. The molecular formula is C30H27Cl2IN4O5S. The average Bonchev–Trinajstić information content (AvgIpc) is 2.96. The lowest BCUT2D eigenvalue weighted by molar-refractivity contribution is -0.139. The zero-order chi connectivity index (χ0) is 30.9. The summed E-state index contributed by atoms with van der Waals surface area (Å²) in [6, 6.07) is 17.2. The molecule has 9 nitrogen and oxygen atoms in total. The Kier molecular flexibility index (Phi) is 11.6. The monoisotopic (exact) mass is 752 g/mol. The number of nitrogens with zero attached hydrogens (tertiary/aromatic N) is 1. The molecule has 1 atom stereocenters. The molecule has 3 aromatic rings. The summed E-state index contributed by atoms with van der Waals surface area (Å²) in [4.78, 5) is 25.2. The number of hydrogen-bond acceptors (Lipinski definition) is 7. The molecule has 0 spiro atoms. The smallest absolute Gasteiger partial charge is 0.338 e. The highest BCUT2D eigenvalue weighted by Crippen LogP contribution is 2.33. The fourth-order valence-electron chi connectivity index (χ4n) is 4.12. The fourth-order valence-corrected chi connectivity index (χ4v) is 5.55. The van der Waals surface area contributed by atoms with Crippen molar-refractivity contribution in [3.8, 4) is 11.5 Å². The number of nitrogens with one attached hydrogen (secondary N) is 3. The molecule has 0 saturated carbocycles. The van der Waals surface area contributed by atoms with Crippen LogP contribution >= 0.6 is 58.0 Å². The van der Waals surface area contributed by atoms with Crippen LogP contribution in [0.25, 0.3) is 0 Å². The number of hydrogen-bond donors (Lipinski definition) is 3. The molecule has 0 unspecified atom stereocenters. The summed E-state index contributed by atoms with van der Waals surface area (Å²) in [6.07, 6.45) is 1.52. The number of benzene rings is 3. The van der Waals surface area contributed by atoms with Crippen LogP contribution in [-0.2, 0) is 20.9 Å². The summed E-state index contributed by atoms with van der Waals surface area (Å²) in [5, 5.41) is 11.6.